The zero-order chi connectivity index (χ0) is 24.5. The number of benzene rings is 2. The SMILES string of the molecule is CCOC(=O)c1ccc(N2C(=O)/C(=C/c3nccn3CC(F)(F)F)c3ccccc3C2=O)cc1. The Morgan fingerprint density at radius 2 is 1.71 bits per heavy atom. The van der Waals surface area contributed by atoms with Crippen LogP contribution in [0.3, 0.4) is 0 Å². The number of amides is 2. The summed E-state index contributed by atoms with van der Waals surface area (Å²) in [4.78, 5) is 43.4. The number of nitrogens with zero attached hydrogens (tertiary/aromatic N) is 3. The molecule has 0 fully saturated rings. The van der Waals surface area contributed by atoms with Crippen molar-refractivity contribution < 1.29 is 32.3 Å². The normalized spacial score (nSPS) is 14.9. The molecule has 2 amide bonds. The number of ether oxygens (including phenoxy) is 1. The third-order valence-corrected chi connectivity index (χ3v) is 5.09. The number of carbonyl (C=O) groups is 3. The fourth-order valence-corrected chi connectivity index (χ4v) is 3.60. The van der Waals surface area contributed by atoms with Gasteiger partial charge in [0.25, 0.3) is 11.8 Å². The van der Waals surface area contributed by atoms with Gasteiger partial charge in [-0.3, -0.25) is 9.59 Å². The second-order valence-electron chi connectivity index (χ2n) is 7.35. The van der Waals surface area contributed by atoms with Crippen LogP contribution in [0, 0.1) is 0 Å². The van der Waals surface area contributed by atoms with Crippen LogP contribution in [0.4, 0.5) is 18.9 Å². The van der Waals surface area contributed by atoms with Crippen LogP contribution in [-0.2, 0) is 16.1 Å². The quantitative estimate of drug-likeness (QED) is 0.315. The van der Waals surface area contributed by atoms with E-state index in [0.29, 0.717) is 5.56 Å². The van der Waals surface area contributed by atoms with Crippen LogP contribution in [0.2, 0.25) is 0 Å². The van der Waals surface area contributed by atoms with Gasteiger partial charge in [0.05, 0.1) is 23.4 Å². The highest BCUT2D eigenvalue weighted by Gasteiger charge is 2.36. The topological polar surface area (TPSA) is 81.5 Å². The van der Waals surface area contributed by atoms with E-state index in [1.54, 1.807) is 25.1 Å². The molecule has 0 aliphatic carbocycles. The van der Waals surface area contributed by atoms with E-state index in [1.807, 2.05) is 0 Å². The standard InChI is InChI=1S/C24H18F3N3O4/c1-2-34-23(33)15-7-9-16(10-8-15)30-21(31)18-6-4-3-5-17(18)19(22(30)32)13-20-28-11-12-29(20)14-24(25,26)27/h3-13H,2,14H2,1H3/b19-13+. The van der Waals surface area contributed by atoms with Crippen LogP contribution in [0.25, 0.3) is 11.6 Å². The summed E-state index contributed by atoms with van der Waals surface area (Å²) in [6.45, 7) is 0.585. The van der Waals surface area contributed by atoms with Crippen molar-refractivity contribution in [3.8, 4) is 0 Å². The van der Waals surface area contributed by atoms with Crippen LogP contribution in [0.1, 0.15) is 39.0 Å². The summed E-state index contributed by atoms with van der Waals surface area (Å²) in [6, 6.07) is 12.0. The number of fused-ring (bicyclic) bond motifs is 1. The van der Waals surface area contributed by atoms with Crippen molar-refractivity contribution in [1.82, 2.24) is 9.55 Å². The Kier molecular flexibility index (Phi) is 6.06. The summed E-state index contributed by atoms with van der Waals surface area (Å²) in [5.74, 6) is -1.95. The Hall–Kier alpha value is -4.21. The molecular formula is C24H18F3N3O4. The molecule has 2 heterocycles. The zero-order valence-corrected chi connectivity index (χ0v) is 17.9. The van der Waals surface area contributed by atoms with Crippen LogP contribution >= 0.6 is 0 Å². The van der Waals surface area contributed by atoms with Crippen molar-refractivity contribution in [1.29, 1.82) is 0 Å². The highest BCUT2D eigenvalue weighted by molar-refractivity contribution is 6.43. The minimum atomic E-state index is -4.48. The van der Waals surface area contributed by atoms with Gasteiger partial charge in [-0.05, 0) is 43.3 Å². The van der Waals surface area contributed by atoms with Gasteiger partial charge in [-0.2, -0.15) is 13.2 Å². The lowest BCUT2D eigenvalue weighted by Gasteiger charge is -2.28. The highest BCUT2D eigenvalue weighted by atomic mass is 19.4. The number of alkyl halides is 3. The van der Waals surface area contributed by atoms with Crippen molar-refractivity contribution in [2.45, 2.75) is 19.6 Å². The zero-order valence-electron chi connectivity index (χ0n) is 17.9. The van der Waals surface area contributed by atoms with Gasteiger partial charge in [0.15, 0.2) is 0 Å². The molecule has 0 unspecified atom stereocenters. The molecule has 7 nitrogen and oxygen atoms in total. The molecule has 0 saturated heterocycles. The minimum Gasteiger partial charge on any atom is -0.462 e. The summed E-state index contributed by atoms with van der Waals surface area (Å²) in [5, 5.41) is 0. The number of rotatable bonds is 5. The Bertz CT molecular complexity index is 1290. The lowest BCUT2D eigenvalue weighted by molar-refractivity contribution is -0.140. The van der Waals surface area contributed by atoms with Gasteiger partial charge in [-0.1, -0.05) is 18.2 Å². The summed E-state index contributed by atoms with van der Waals surface area (Å²) in [7, 11) is 0. The first-order valence-corrected chi connectivity index (χ1v) is 10.2. The lowest BCUT2D eigenvalue weighted by atomic mass is 9.92. The molecule has 1 aliphatic rings. The van der Waals surface area contributed by atoms with Gasteiger partial charge in [-0.15, -0.1) is 0 Å². The maximum atomic E-state index is 13.4. The Morgan fingerprint density at radius 3 is 2.35 bits per heavy atom. The lowest BCUT2D eigenvalue weighted by Crippen LogP contribution is -2.41. The molecule has 1 aromatic heterocycles. The third kappa shape index (κ3) is 4.47. The van der Waals surface area contributed by atoms with E-state index >= 15 is 0 Å². The van der Waals surface area contributed by atoms with Gasteiger partial charge >= 0.3 is 12.1 Å². The molecule has 2 aromatic carbocycles. The number of hydrogen-bond donors (Lipinski definition) is 0. The molecule has 0 radical (unpaired) electrons. The number of esters is 1. The van der Waals surface area contributed by atoms with E-state index in [-0.39, 0.29) is 34.8 Å². The van der Waals surface area contributed by atoms with Gasteiger partial charge in [0.1, 0.15) is 12.4 Å². The minimum absolute atomic E-state index is 0.0132. The molecule has 34 heavy (non-hydrogen) atoms. The second-order valence-corrected chi connectivity index (χ2v) is 7.35. The molecule has 10 heteroatoms. The first kappa shape index (κ1) is 23.0. The summed E-state index contributed by atoms with van der Waals surface area (Å²) >= 11 is 0. The molecule has 0 N–H and O–H groups in total. The first-order valence-electron chi connectivity index (χ1n) is 10.2. The Labute approximate surface area is 192 Å². The van der Waals surface area contributed by atoms with Gasteiger partial charge in [-0.25, -0.2) is 14.7 Å². The number of imide groups is 1. The van der Waals surface area contributed by atoms with Crippen molar-refractivity contribution >= 4 is 35.1 Å². The van der Waals surface area contributed by atoms with Gasteiger partial charge in [0, 0.05) is 23.5 Å². The maximum absolute atomic E-state index is 13.4. The van der Waals surface area contributed by atoms with E-state index in [1.165, 1.54) is 42.6 Å². The molecule has 0 atom stereocenters. The Morgan fingerprint density at radius 1 is 1.03 bits per heavy atom. The molecule has 4 rings (SSSR count). The van der Waals surface area contributed by atoms with E-state index in [0.717, 1.165) is 15.7 Å². The van der Waals surface area contributed by atoms with Crippen molar-refractivity contribution in [3.63, 3.8) is 0 Å². The van der Waals surface area contributed by atoms with Crippen LogP contribution in [0.15, 0.2) is 60.9 Å². The molecule has 174 valence electrons. The highest BCUT2D eigenvalue weighted by Crippen LogP contribution is 2.33. The fraction of sp³-hybridized carbons (Fsp3) is 0.167. The van der Waals surface area contributed by atoms with E-state index in [9.17, 15) is 27.6 Å². The molecule has 0 bridgehead atoms. The molecule has 0 spiro atoms. The number of carbonyl (C=O) groups excluding carboxylic acids is 3. The van der Waals surface area contributed by atoms with Crippen LogP contribution < -0.4 is 4.90 Å². The number of imidazole rings is 1. The molecule has 3 aromatic rings. The van der Waals surface area contributed by atoms with E-state index in [4.69, 9.17) is 4.74 Å². The average Bonchev–Trinajstić information content (AvgIpc) is 3.22. The molecule has 1 aliphatic heterocycles. The maximum Gasteiger partial charge on any atom is 0.406 e. The molecule has 0 saturated carbocycles. The van der Waals surface area contributed by atoms with Gasteiger partial charge in [0.2, 0.25) is 0 Å². The average molecular weight is 469 g/mol. The van der Waals surface area contributed by atoms with Crippen molar-refractivity contribution in [3.05, 3.63) is 83.4 Å². The summed E-state index contributed by atoms with van der Waals surface area (Å²) < 4.78 is 44.6. The van der Waals surface area contributed by atoms with Crippen LogP contribution in [-0.4, -0.2) is 40.1 Å². The van der Waals surface area contributed by atoms with Crippen molar-refractivity contribution in [2.75, 3.05) is 11.5 Å². The summed E-state index contributed by atoms with van der Waals surface area (Å²) in [6.07, 6.45) is -0.880. The number of anilines is 1. The third-order valence-electron chi connectivity index (χ3n) is 5.09. The summed E-state index contributed by atoms with van der Waals surface area (Å²) in [5.41, 5.74) is 0.949. The number of halogens is 3. The van der Waals surface area contributed by atoms with Crippen LogP contribution in [0.5, 0.6) is 0 Å². The monoisotopic (exact) mass is 469 g/mol. The largest absolute Gasteiger partial charge is 0.462 e. The molecular weight excluding hydrogens is 451 g/mol. The predicted molar refractivity (Wildman–Crippen MR) is 117 cm³/mol. The number of aromatic nitrogens is 2. The first-order chi connectivity index (χ1) is 16.2. The van der Waals surface area contributed by atoms with Crippen molar-refractivity contribution in [2.24, 2.45) is 0 Å². The fourth-order valence-electron chi connectivity index (χ4n) is 3.60. The van der Waals surface area contributed by atoms with E-state index in [2.05, 4.69) is 4.98 Å². The predicted octanol–water partition coefficient (Wildman–Crippen LogP) is 4.35. The smallest absolute Gasteiger partial charge is 0.406 e. The number of hydrogen-bond acceptors (Lipinski definition) is 5. The Balaban J connectivity index is 1.78. The second kappa shape index (κ2) is 8.97. The van der Waals surface area contributed by atoms with E-state index < -0.39 is 30.5 Å². The van der Waals surface area contributed by atoms with Gasteiger partial charge < -0.3 is 9.30 Å².